The van der Waals surface area contributed by atoms with Crippen LogP contribution in [0.25, 0.3) is 0 Å². The highest BCUT2D eigenvalue weighted by Gasteiger charge is 2.36. The number of piperidine rings is 1. The van der Waals surface area contributed by atoms with E-state index in [-0.39, 0.29) is 23.9 Å². The number of halogens is 1. The van der Waals surface area contributed by atoms with Crippen LogP contribution < -0.4 is 0 Å². The molecule has 0 amide bonds. The molecule has 2 unspecified atom stereocenters. The van der Waals surface area contributed by atoms with Crippen molar-refractivity contribution in [3.05, 3.63) is 24.3 Å². The Morgan fingerprint density at radius 2 is 2.15 bits per heavy atom. The molecule has 2 atom stereocenters. The molecule has 0 aliphatic carbocycles. The summed E-state index contributed by atoms with van der Waals surface area (Å²) in [5, 5.41) is 9.06. The van der Waals surface area contributed by atoms with E-state index in [0.717, 1.165) is 22.8 Å². The van der Waals surface area contributed by atoms with Crippen molar-refractivity contribution < 1.29 is 22.7 Å². The molecule has 0 radical (unpaired) electrons. The SMILES string of the molecule is CC1CC(C(=O)O)CN(S(=O)(=O)c2cncc(F)c2)C1. The highest BCUT2D eigenvalue weighted by atomic mass is 32.2. The standard InChI is InChI=1S/C12H15FN2O4S/c1-8-2-9(12(16)17)7-15(6-8)20(18,19)11-3-10(13)4-14-5-11/h3-5,8-9H,2,6-7H2,1H3,(H,16,17). The minimum absolute atomic E-state index is 0.0684. The Kier molecular flexibility index (Phi) is 4.05. The predicted molar refractivity (Wildman–Crippen MR) is 67.9 cm³/mol. The van der Waals surface area contributed by atoms with Gasteiger partial charge >= 0.3 is 5.97 Å². The summed E-state index contributed by atoms with van der Waals surface area (Å²) >= 11 is 0. The first-order valence-corrected chi connectivity index (χ1v) is 7.58. The first-order chi connectivity index (χ1) is 9.30. The molecule has 1 aliphatic rings. The molecule has 1 aromatic rings. The Hall–Kier alpha value is -1.54. The predicted octanol–water partition coefficient (Wildman–Crippen LogP) is 0.952. The molecule has 110 valence electrons. The third-order valence-corrected chi connectivity index (χ3v) is 5.09. The molecule has 0 bridgehead atoms. The molecule has 6 nitrogen and oxygen atoms in total. The van der Waals surface area contributed by atoms with Crippen LogP contribution in [0.2, 0.25) is 0 Å². The fraction of sp³-hybridized carbons (Fsp3) is 0.500. The van der Waals surface area contributed by atoms with Gasteiger partial charge in [0.2, 0.25) is 10.0 Å². The number of carbonyl (C=O) groups is 1. The fourth-order valence-corrected chi connectivity index (χ4v) is 3.94. The van der Waals surface area contributed by atoms with Crippen molar-refractivity contribution in [1.82, 2.24) is 9.29 Å². The topological polar surface area (TPSA) is 87.6 Å². The molecule has 1 aromatic heterocycles. The summed E-state index contributed by atoms with van der Waals surface area (Å²) in [6.07, 6.45) is 2.41. The zero-order valence-corrected chi connectivity index (χ0v) is 11.7. The molecular formula is C12H15FN2O4S. The van der Waals surface area contributed by atoms with Gasteiger partial charge in [-0.3, -0.25) is 9.78 Å². The van der Waals surface area contributed by atoms with Crippen molar-refractivity contribution in [1.29, 1.82) is 0 Å². The number of rotatable bonds is 3. The van der Waals surface area contributed by atoms with Crippen molar-refractivity contribution in [3.8, 4) is 0 Å². The van der Waals surface area contributed by atoms with Gasteiger partial charge in [-0.05, 0) is 18.4 Å². The van der Waals surface area contributed by atoms with Crippen molar-refractivity contribution in [2.75, 3.05) is 13.1 Å². The van der Waals surface area contributed by atoms with Gasteiger partial charge in [0.1, 0.15) is 10.7 Å². The first kappa shape index (κ1) is 14.9. The number of carboxylic acid groups (broad SMARTS) is 1. The normalized spacial score (nSPS) is 24.5. The van der Waals surface area contributed by atoms with Crippen LogP contribution in [-0.4, -0.2) is 41.9 Å². The van der Waals surface area contributed by atoms with Gasteiger partial charge in [-0.2, -0.15) is 4.31 Å². The highest BCUT2D eigenvalue weighted by molar-refractivity contribution is 7.89. The van der Waals surface area contributed by atoms with Crippen molar-refractivity contribution >= 4 is 16.0 Å². The van der Waals surface area contributed by atoms with Gasteiger partial charge in [-0.25, -0.2) is 12.8 Å². The van der Waals surface area contributed by atoms with Crippen LogP contribution in [-0.2, 0) is 14.8 Å². The van der Waals surface area contributed by atoms with Crippen LogP contribution in [0, 0.1) is 17.7 Å². The lowest BCUT2D eigenvalue weighted by Crippen LogP contribution is -2.45. The lowest BCUT2D eigenvalue weighted by atomic mass is 9.92. The largest absolute Gasteiger partial charge is 0.481 e. The molecular weight excluding hydrogens is 287 g/mol. The number of aromatic nitrogens is 1. The average Bonchev–Trinajstić information content (AvgIpc) is 2.38. The zero-order valence-electron chi connectivity index (χ0n) is 10.9. The second-order valence-electron chi connectivity index (χ2n) is 5.04. The molecule has 0 spiro atoms. The summed E-state index contributed by atoms with van der Waals surface area (Å²) in [7, 11) is -3.92. The van der Waals surface area contributed by atoms with E-state index < -0.39 is 27.7 Å². The van der Waals surface area contributed by atoms with E-state index in [0.29, 0.717) is 6.42 Å². The summed E-state index contributed by atoms with van der Waals surface area (Å²) in [5.74, 6) is -2.57. The van der Waals surface area contributed by atoms with Crippen LogP contribution in [0.3, 0.4) is 0 Å². The number of hydrogen-bond donors (Lipinski definition) is 1. The number of sulfonamides is 1. The molecule has 2 heterocycles. The van der Waals surface area contributed by atoms with E-state index in [9.17, 15) is 17.6 Å². The van der Waals surface area contributed by atoms with Crippen LogP contribution >= 0.6 is 0 Å². The highest BCUT2D eigenvalue weighted by Crippen LogP contribution is 2.27. The number of hydrogen-bond acceptors (Lipinski definition) is 4. The van der Waals surface area contributed by atoms with Gasteiger partial charge in [0, 0.05) is 19.3 Å². The third-order valence-electron chi connectivity index (χ3n) is 3.29. The Morgan fingerprint density at radius 3 is 2.75 bits per heavy atom. The van der Waals surface area contributed by atoms with Gasteiger partial charge < -0.3 is 5.11 Å². The van der Waals surface area contributed by atoms with Gasteiger partial charge in [0.15, 0.2) is 0 Å². The van der Waals surface area contributed by atoms with E-state index in [1.54, 1.807) is 6.92 Å². The smallest absolute Gasteiger partial charge is 0.307 e. The summed E-state index contributed by atoms with van der Waals surface area (Å²) in [6.45, 7) is 1.92. The summed E-state index contributed by atoms with van der Waals surface area (Å²) in [5.41, 5.74) is 0. The maximum absolute atomic E-state index is 13.1. The van der Waals surface area contributed by atoms with E-state index >= 15 is 0 Å². The lowest BCUT2D eigenvalue weighted by Gasteiger charge is -2.33. The lowest BCUT2D eigenvalue weighted by molar-refractivity contribution is -0.143. The Labute approximate surface area is 116 Å². The molecule has 1 fully saturated rings. The van der Waals surface area contributed by atoms with Crippen LogP contribution in [0.1, 0.15) is 13.3 Å². The van der Waals surface area contributed by atoms with Crippen LogP contribution in [0.5, 0.6) is 0 Å². The third kappa shape index (κ3) is 2.96. The first-order valence-electron chi connectivity index (χ1n) is 6.14. The van der Waals surface area contributed by atoms with Crippen molar-refractivity contribution in [3.63, 3.8) is 0 Å². The number of aliphatic carboxylic acids is 1. The van der Waals surface area contributed by atoms with Crippen LogP contribution in [0.4, 0.5) is 4.39 Å². The zero-order chi connectivity index (χ0) is 14.9. The Bertz CT molecular complexity index is 620. The minimum Gasteiger partial charge on any atom is -0.481 e. The molecule has 0 saturated carbocycles. The number of pyridine rings is 1. The van der Waals surface area contributed by atoms with Crippen molar-refractivity contribution in [2.24, 2.45) is 11.8 Å². The minimum atomic E-state index is -3.92. The fourth-order valence-electron chi connectivity index (χ4n) is 2.36. The molecule has 1 N–H and O–H groups in total. The summed E-state index contributed by atoms with van der Waals surface area (Å²) < 4.78 is 39.0. The Morgan fingerprint density at radius 1 is 1.45 bits per heavy atom. The van der Waals surface area contributed by atoms with Gasteiger partial charge in [0.25, 0.3) is 0 Å². The molecule has 2 rings (SSSR count). The van der Waals surface area contributed by atoms with Crippen LogP contribution in [0.15, 0.2) is 23.4 Å². The van der Waals surface area contributed by atoms with Gasteiger partial charge in [-0.15, -0.1) is 0 Å². The summed E-state index contributed by atoms with van der Waals surface area (Å²) in [6, 6.07) is 0.886. The quantitative estimate of drug-likeness (QED) is 0.898. The number of carboxylic acids is 1. The average molecular weight is 302 g/mol. The molecule has 1 aliphatic heterocycles. The molecule has 20 heavy (non-hydrogen) atoms. The second-order valence-corrected chi connectivity index (χ2v) is 6.97. The maximum Gasteiger partial charge on any atom is 0.307 e. The second kappa shape index (κ2) is 5.45. The molecule has 0 aromatic carbocycles. The maximum atomic E-state index is 13.1. The van der Waals surface area contributed by atoms with Gasteiger partial charge in [0.05, 0.1) is 12.1 Å². The number of nitrogens with zero attached hydrogens (tertiary/aromatic N) is 2. The molecule has 1 saturated heterocycles. The van der Waals surface area contributed by atoms with E-state index in [1.165, 1.54) is 0 Å². The van der Waals surface area contributed by atoms with E-state index in [1.807, 2.05) is 0 Å². The van der Waals surface area contributed by atoms with E-state index in [4.69, 9.17) is 5.11 Å². The van der Waals surface area contributed by atoms with Gasteiger partial charge in [-0.1, -0.05) is 6.92 Å². The van der Waals surface area contributed by atoms with E-state index in [2.05, 4.69) is 4.98 Å². The van der Waals surface area contributed by atoms with Crippen molar-refractivity contribution in [2.45, 2.75) is 18.2 Å². The summed E-state index contributed by atoms with van der Waals surface area (Å²) in [4.78, 5) is 14.3. The monoisotopic (exact) mass is 302 g/mol. The Balaban J connectivity index is 2.31. The molecule has 8 heteroatoms.